The minimum absolute atomic E-state index is 0.0170. The van der Waals surface area contributed by atoms with E-state index in [1.165, 1.54) is 28.4 Å². The second-order valence-electron chi connectivity index (χ2n) is 10.6. The van der Waals surface area contributed by atoms with Crippen molar-refractivity contribution in [1.82, 2.24) is 10.2 Å². The number of carbonyl (C=O) groups is 3. The molecule has 2 aliphatic rings. The minimum atomic E-state index is -0.747. The van der Waals surface area contributed by atoms with Crippen molar-refractivity contribution in [2.45, 2.75) is 29.3 Å². The van der Waals surface area contributed by atoms with Crippen molar-refractivity contribution >= 4 is 41.3 Å². The number of nitrogens with one attached hydrogen (secondary N) is 1. The number of thioether (sulfide) groups is 2. The summed E-state index contributed by atoms with van der Waals surface area (Å²) in [5.41, 5.74) is 4.24. The van der Waals surface area contributed by atoms with E-state index in [0.29, 0.717) is 22.0 Å². The molecule has 6 rings (SSSR count). The van der Waals surface area contributed by atoms with Crippen LogP contribution in [-0.2, 0) is 32.1 Å². The number of nitriles is 1. The molecule has 0 spiro atoms. The molecule has 0 aromatic heterocycles. The molecule has 230 valence electrons. The Kier molecular flexibility index (Phi) is 9.43. The number of ether oxygens (including phenoxy) is 2. The molecule has 10 heteroatoms. The molecule has 1 N–H and O–H groups in total. The van der Waals surface area contributed by atoms with Gasteiger partial charge in [0.25, 0.3) is 5.91 Å². The lowest BCUT2D eigenvalue weighted by atomic mass is 10.0. The molecule has 2 aliphatic heterocycles. The van der Waals surface area contributed by atoms with Crippen LogP contribution >= 0.6 is 23.5 Å². The van der Waals surface area contributed by atoms with E-state index in [9.17, 15) is 19.6 Å². The number of nitrogens with zero attached hydrogens (tertiary/aromatic N) is 2. The van der Waals surface area contributed by atoms with E-state index in [1.807, 2.05) is 78.9 Å². The molecule has 1 saturated heterocycles. The SMILES string of the molecule is COc1ccc(COC(=O)C2=C(Sc3ccccc3-c3ccc(C#N)cc3)CS[C@H]3[C@H](NC(=O)Cc4ccccc4)C(=O)N23)cc1. The number of rotatable bonds is 10. The Labute approximate surface area is 275 Å². The van der Waals surface area contributed by atoms with Crippen LogP contribution in [0.5, 0.6) is 5.75 Å². The molecule has 2 heterocycles. The molecule has 2 atom stereocenters. The van der Waals surface area contributed by atoms with E-state index in [0.717, 1.165) is 27.1 Å². The maximum atomic E-state index is 13.8. The van der Waals surface area contributed by atoms with Gasteiger partial charge in [0, 0.05) is 15.6 Å². The molecular formula is C36H29N3O5S2. The summed E-state index contributed by atoms with van der Waals surface area (Å²) in [5, 5.41) is 11.7. The lowest BCUT2D eigenvalue weighted by Gasteiger charge is -2.49. The predicted octanol–water partition coefficient (Wildman–Crippen LogP) is 5.92. The molecule has 8 nitrogen and oxygen atoms in total. The van der Waals surface area contributed by atoms with Gasteiger partial charge < -0.3 is 14.8 Å². The van der Waals surface area contributed by atoms with Crippen molar-refractivity contribution in [3.8, 4) is 22.9 Å². The van der Waals surface area contributed by atoms with Gasteiger partial charge in [-0.2, -0.15) is 5.26 Å². The van der Waals surface area contributed by atoms with Gasteiger partial charge in [-0.25, -0.2) is 4.79 Å². The maximum Gasteiger partial charge on any atom is 0.356 e. The van der Waals surface area contributed by atoms with E-state index < -0.39 is 17.4 Å². The third kappa shape index (κ3) is 6.66. The average molecular weight is 648 g/mol. The van der Waals surface area contributed by atoms with Gasteiger partial charge in [0.2, 0.25) is 5.91 Å². The highest BCUT2D eigenvalue weighted by molar-refractivity contribution is 8.06. The number of benzene rings is 4. The molecule has 0 aliphatic carbocycles. The Hall–Kier alpha value is -4.98. The second-order valence-corrected chi connectivity index (χ2v) is 12.8. The third-order valence-electron chi connectivity index (χ3n) is 7.62. The highest BCUT2D eigenvalue weighted by atomic mass is 32.2. The van der Waals surface area contributed by atoms with Gasteiger partial charge in [0.05, 0.1) is 25.2 Å². The van der Waals surface area contributed by atoms with E-state index in [2.05, 4.69) is 11.4 Å². The molecule has 2 amide bonds. The Balaban J connectivity index is 1.27. The Bertz CT molecular complexity index is 1840. The molecule has 0 radical (unpaired) electrons. The highest BCUT2D eigenvalue weighted by Crippen LogP contribution is 2.47. The second kappa shape index (κ2) is 14.0. The van der Waals surface area contributed by atoms with Crippen LogP contribution in [0.2, 0.25) is 0 Å². The zero-order chi connectivity index (χ0) is 32.0. The van der Waals surface area contributed by atoms with E-state index >= 15 is 0 Å². The quantitative estimate of drug-likeness (QED) is 0.167. The summed E-state index contributed by atoms with van der Waals surface area (Å²) in [4.78, 5) is 43.3. The van der Waals surface area contributed by atoms with Crippen molar-refractivity contribution in [3.05, 3.63) is 130 Å². The Morgan fingerprint density at radius 3 is 2.39 bits per heavy atom. The fourth-order valence-corrected chi connectivity index (χ4v) is 7.88. The Morgan fingerprint density at radius 1 is 0.957 bits per heavy atom. The number of amides is 2. The van der Waals surface area contributed by atoms with Crippen molar-refractivity contribution in [1.29, 1.82) is 5.26 Å². The molecule has 1 fully saturated rings. The molecule has 4 aromatic carbocycles. The van der Waals surface area contributed by atoms with E-state index in [-0.39, 0.29) is 30.5 Å². The standard InChI is InChI=1S/C36H29N3O5S2/c1-43-27-17-13-25(14-18-27)21-44-36(42)33-30(46-29-10-6-5-9-28(29)26-15-11-24(20-37)12-16-26)22-45-35-32(34(41)39(33)35)38-31(40)19-23-7-3-2-4-8-23/h2-18,32,35H,19,21-22H2,1H3,(H,38,40)/t32-,35+/m1/s1. The smallest absolute Gasteiger partial charge is 0.356 e. The van der Waals surface area contributed by atoms with Crippen LogP contribution in [-0.4, -0.2) is 47.0 Å². The van der Waals surface area contributed by atoms with E-state index in [1.54, 1.807) is 31.4 Å². The zero-order valence-corrected chi connectivity index (χ0v) is 26.5. The van der Waals surface area contributed by atoms with Crippen molar-refractivity contribution in [3.63, 3.8) is 0 Å². The average Bonchev–Trinajstić information content (AvgIpc) is 3.10. The number of carbonyl (C=O) groups excluding carboxylic acids is 3. The summed E-state index contributed by atoms with van der Waals surface area (Å²) < 4.78 is 11.0. The number of fused-ring (bicyclic) bond motifs is 1. The first-order valence-corrected chi connectivity index (χ1v) is 16.4. The van der Waals surface area contributed by atoms with Crippen LogP contribution < -0.4 is 10.1 Å². The highest BCUT2D eigenvalue weighted by Gasteiger charge is 2.54. The first-order valence-electron chi connectivity index (χ1n) is 14.5. The molecular weight excluding hydrogens is 619 g/mol. The minimum Gasteiger partial charge on any atom is -0.497 e. The largest absolute Gasteiger partial charge is 0.497 e. The zero-order valence-electron chi connectivity index (χ0n) is 24.8. The predicted molar refractivity (Wildman–Crippen MR) is 177 cm³/mol. The number of esters is 1. The van der Waals surface area contributed by atoms with Crippen molar-refractivity contribution < 1.29 is 23.9 Å². The summed E-state index contributed by atoms with van der Waals surface area (Å²) in [5.74, 6) is -0.0841. The van der Waals surface area contributed by atoms with Crippen molar-refractivity contribution in [2.75, 3.05) is 12.9 Å². The lowest BCUT2D eigenvalue weighted by molar-refractivity contribution is -0.153. The number of β-lactam (4-membered cyclic amide) rings is 1. The van der Waals surface area contributed by atoms with Gasteiger partial charge in [-0.15, -0.1) is 11.8 Å². The van der Waals surface area contributed by atoms with Crippen LogP contribution in [0.4, 0.5) is 0 Å². The third-order valence-corrected chi connectivity index (χ3v) is 10.2. The van der Waals surface area contributed by atoms with Gasteiger partial charge in [0.1, 0.15) is 29.5 Å². The van der Waals surface area contributed by atoms with E-state index in [4.69, 9.17) is 9.47 Å². The molecule has 0 unspecified atom stereocenters. The van der Waals surface area contributed by atoms with Crippen LogP contribution in [0.1, 0.15) is 16.7 Å². The van der Waals surface area contributed by atoms with Crippen LogP contribution in [0.25, 0.3) is 11.1 Å². The summed E-state index contributed by atoms with van der Waals surface area (Å²) >= 11 is 2.91. The summed E-state index contributed by atoms with van der Waals surface area (Å²) in [6.07, 6.45) is 0.155. The van der Waals surface area contributed by atoms with Gasteiger partial charge >= 0.3 is 5.97 Å². The van der Waals surface area contributed by atoms with Crippen LogP contribution in [0, 0.1) is 11.3 Å². The number of hydrogen-bond donors (Lipinski definition) is 1. The Morgan fingerprint density at radius 2 is 1.67 bits per heavy atom. The van der Waals surface area contributed by atoms with Gasteiger partial charge in [0.15, 0.2) is 0 Å². The van der Waals surface area contributed by atoms with Crippen molar-refractivity contribution in [2.24, 2.45) is 0 Å². The number of hydrogen-bond acceptors (Lipinski definition) is 8. The molecule has 46 heavy (non-hydrogen) atoms. The van der Waals surface area contributed by atoms with Gasteiger partial charge in [-0.3, -0.25) is 14.5 Å². The fourth-order valence-electron chi connectivity index (χ4n) is 5.26. The first-order chi connectivity index (χ1) is 22.4. The summed E-state index contributed by atoms with van der Waals surface area (Å²) in [6.45, 7) is 0.0170. The summed E-state index contributed by atoms with van der Waals surface area (Å²) in [6, 6.07) is 33.1. The molecule has 0 saturated carbocycles. The lowest BCUT2D eigenvalue weighted by Crippen LogP contribution is -2.70. The molecule has 4 aromatic rings. The monoisotopic (exact) mass is 647 g/mol. The van der Waals surface area contributed by atoms with Crippen LogP contribution in [0.3, 0.4) is 0 Å². The van der Waals surface area contributed by atoms with Crippen LogP contribution in [0.15, 0.2) is 119 Å². The summed E-state index contributed by atoms with van der Waals surface area (Å²) in [7, 11) is 1.58. The maximum absolute atomic E-state index is 13.8. The number of methoxy groups -OCH3 is 1. The topological polar surface area (TPSA) is 109 Å². The normalized spacial score (nSPS) is 17.0. The van der Waals surface area contributed by atoms with Gasteiger partial charge in [-0.05, 0) is 52.6 Å². The van der Waals surface area contributed by atoms with Gasteiger partial charge in [-0.1, -0.05) is 84.6 Å². The molecule has 0 bridgehead atoms. The fraction of sp³-hybridized carbons (Fsp3) is 0.167. The first kappa shape index (κ1) is 31.0.